The van der Waals surface area contributed by atoms with Crippen LogP contribution in [0, 0.1) is 20.2 Å². The minimum atomic E-state index is -0.461. The van der Waals surface area contributed by atoms with Gasteiger partial charge in [0, 0.05) is 34.3 Å². The third-order valence-electron chi connectivity index (χ3n) is 4.05. The maximum absolute atomic E-state index is 10.9. The predicted octanol–water partition coefficient (Wildman–Crippen LogP) is 6.31. The number of non-ortho nitro benzene ring substituents is 2. The van der Waals surface area contributed by atoms with E-state index in [4.69, 9.17) is 4.42 Å². The molecule has 0 saturated heterocycles. The van der Waals surface area contributed by atoms with Crippen molar-refractivity contribution in [2.24, 2.45) is 0 Å². The molecule has 2 aromatic carbocycles. The number of furan rings is 1. The smallest absolute Gasteiger partial charge is 0.270 e. The third-order valence-corrected chi connectivity index (χ3v) is 5.68. The summed E-state index contributed by atoms with van der Waals surface area (Å²) in [6.45, 7) is 0. The van der Waals surface area contributed by atoms with Crippen LogP contribution in [0.3, 0.4) is 0 Å². The van der Waals surface area contributed by atoms with Gasteiger partial charge in [-0.3, -0.25) is 20.2 Å². The van der Waals surface area contributed by atoms with Crippen molar-refractivity contribution in [3.63, 3.8) is 0 Å². The van der Waals surface area contributed by atoms with Gasteiger partial charge < -0.3 is 4.42 Å². The van der Waals surface area contributed by atoms with Crippen LogP contribution in [0.1, 0.15) is 10.8 Å². The SMILES string of the molecule is O=[N+]([O-])c1ccc(-c2ccc(/C=C/c3nc4ccc([N+](=O)[O-])cc4s3)o2)c(Br)c1. The van der Waals surface area contributed by atoms with Crippen molar-refractivity contribution in [1.82, 2.24) is 4.98 Å². The van der Waals surface area contributed by atoms with Gasteiger partial charge in [-0.15, -0.1) is 11.3 Å². The lowest BCUT2D eigenvalue weighted by atomic mass is 10.1. The van der Waals surface area contributed by atoms with Crippen molar-refractivity contribution in [2.75, 3.05) is 0 Å². The summed E-state index contributed by atoms with van der Waals surface area (Å²) < 4.78 is 7.09. The number of nitro benzene ring substituents is 2. The van der Waals surface area contributed by atoms with Crippen LogP contribution in [0.25, 0.3) is 33.7 Å². The minimum absolute atomic E-state index is 0.0108. The second-order valence-electron chi connectivity index (χ2n) is 5.92. The summed E-state index contributed by atoms with van der Waals surface area (Å²) in [5, 5.41) is 22.4. The molecule has 10 heteroatoms. The lowest BCUT2D eigenvalue weighted by Gasteiger charge is -2.00. The molecule has 0 spiro atoms. The summed E-state index contributed by atoms with van der Waals surface area (Å²) in [6.07, 6.45) is 3.51. The van der Waals surface area contributed by atoms with Gasteiger partial charge in [0.25, 0.3) is 11.4 Å². The van der Waals surface area contributed by atoms with E-state index < -0.39 is 9.85 Å². The molecule has 0 aliphatic rings. The molecule has 0 unspecified atom stereocenters. The Bertz CT molecular complexity index is 1290. The number of aromatic nitrogens is 1. The normalized spacial score (nSPS) is 11.3. The number of nitrogens with zero attached hydrogens (tertiary/aromatic N) is 3. The van der Waals surface area contributed by atoms with Crippen LogP contribution in [0.5, 0.6) is 0 Å². The average Bonchev–Trinajstić information content (AvgIpc) is 3.32. The van der Waals surface area contributed by atoms with Crippen LogP contribution in [0.15, 0.2) is 57.4 Å². The Morgan fingerprint density at radius 2 is 1.69 bits per heavy atom. The van der Waals surface area contributed by atoms with Gasteiger partial charge >= 0.3 is 0 Å². The van der Waals surface area contributed by atoms with Crippen LogP contribution in [0.2, 0.25) is 0 Å². The summed E-state index contributed by atoms with van der Waals surface area (Å²) in [7, 11) is 0. The predicted molar refractivity (Wildman–Crippen MR) is 114 cm³/mol. The number of hydrogen-bond acceptors (Lipinski definition) is 7. The van der Waals surface area contributed by atoms with Crippen LogP contribution in [-0.2, 0) is 0 Å². The van der Waals surface area contributed by atoms with Crippen molar-refractivity contribution >= 4 is 61.0 Å². The Kier molecular flexibility index (Phi) is 4.95. The second kappa shape index (κ2) is 7.57. The standard InChI is InChI=1S/C19H10BrN3O5S/c20-15-9-11(22(24)25)1-5-14(15)17-7-3-13(28-17)4-8-19-21-16-6-2-12(23(26)27)10-18(16)29-19/h1-10H/b8-4+. The minimum Gasteiger partial charge on any atom is -0.457 e. The first kappa shape index (κ1) is 19.0. The number of fused-ring (bicyclic) bond motifs is 1. The fourth-order valence-corrected chi connectivity index (χ4v) is 4.14. The molecule has 8 nitrogen and oxygen atoms in total. The Morgan fingerprint density at radius 3 is 2.41 bits per heavy atom. The number of nitro groups is 2. The molecular formula is C19H10BrN3O5S. The highest BCUT2D eigenvalue weighted by molar-refractivity contribution is 9.10. The molecule has 0 N–H and O–H groups in total. The van der Waals surface area contributed by atoms with E-state index in [0.29, 0.717) is 32.1 Å². The molecule has 29 heavy (non-hydrogen) atoms. The number of benzene rings is 2. The summed E-state index contributed by atoms with van der Waals surface area (Å²) in [6, 6.07) is 12.6. The van der Waals surface area contributed by atoms with E-state index in [1.807, 2.05) is 0 Å². The van der Waals surface area contributed by atoms with Crippen molar-refractivity contribution in [2.45, 2.75) is 0 Å². The average molecular weight is 472 g/mol. The molecular weight excluding hydrogens is 462 g/mol. The fraction of sp³-hybridized carbons (Fsp3) is 0. The quantitative estimate of drug-likeness (QED) is 0.249. The molecule has 2 aromatic heterocycles. The topological polar surface area (TPSA) is 112 Å². The summed E-state index contributed by atoms with van der Waals surface area (Å²) in [5.74, 6) is 1.14. The van der Waals surface area contributed by atoms with Gasteiger partial charge in [0.2, 0.25) is 0 Å². The highest BCUT2D eigenvalue weighted by Gasteiger charge is 2.13. The summed E-state index contributed by atoms with van der Waals surface area (Å²) >= 11 is 4.68. The molecule has 2 heterocycles. The highest BCUT2D eigenvalue weighted by Crippen LogP contribution is 2.33. The van der Waals surface area contributed by atoms with Gasteiger partial charge in [0.15, 0.2) is 0 Å². The maximum Gasteiger partial charge on any atom is 0.270 e. The Labute approximate surface area is 175 Å². The zero-order valence-electron chi connectivity index (χ0n) is 14.4. The van der Waals surface area contributed by atoms with Crippen molar-refractivity contribution in [3.05, 3.63) is 84.0 Å². The molecule has 4 aromatic rings. The van der Waals surface area contributed by atoms with E-state index >= 15 is 0 Å². The van der Waals surface area contributed by atoms with Crippen molar-refractivity contribution < 1.29 is 14.3 Å². The fourth-order valence-electron chi connectivity index (χ4n) is 2.67. The van der Waals surface area contributed by atoms with Crippen LogP contribution < -0.4 is 0 Å². The van der Waals surface area contributed by atoms with Crippen molar-refractivity contribution in [1.29, 1.82) is 0 Å². The monoisotopic (exact) mass is 471 g/mol. The van der Waals surface area contributed by atoms with E-state index in [0.717, 1.165) is 4.70 Å². The first-order valence-electron chi connectivity index (χ1n) is 8.18. The molecule has 0 fully saturated rings. The zero-order chi connectivity index (χ0) is 20.5. The van der Waals surface area contributed by atoms with Crippen LogP contribution in [-0.4, -0.2) is 14.8 Å². The van der Waals surface area contributed by atoms with E-state index in [-0.39, 0.29) is 11.4 Å². The van der Waals surface area contributed by atoms with Gasteiger partial charge in [-0.25, -0.2) is 4.98 Å². The van der Waals surface area contributed by atoms with Gasteiger partial charge in [0.1, 0.15) is 16.5 Å². The summed E-state index contributed by atoms with van der Waals surface area (Å²) in [4.78, 5) is 25.3. The zero-order valence-corrected chi connectivity index (χ0v) is 16.8. The highest BCUT2D eigenvalue weighted by atomic mass is 79.9. The van der Waals surface area contributed by atoms with E-state index in [1.54, 1.807) is 36.4 Å². The first-order valence-corrected chi connectivity index (χ1v) is 9.79. The van der Waals surface area contributed by atoms with Gasteiger partial charge in [-0.2, -0.15) is 0 Å². The van der Waals surface area contributed by atoms with Gasteiger partial charge in [-0.05, 0) is 52.3 Å². The van der Waals surface area contributed by atoms with Crippen LogP contribution in [0.4, 0.5) is 11.4 Å². The van der Waals surface area contributed by atoms with E-state index in [2.05, 4.69) is 20.9 Å². The lowest BCUT2D eigenvalue weighted by molar-refractivity contribution is -0.385. The maximum atomic E-state index is 10.9. The van der Waals surface area contributed by atoms with Crippen LogP contribution >= 0.6 is 27.3 Å². The molecule has 0 amide bonds. The largest absolute Gasteiger partial charge is 0.457 e. The van der Waals surface area contributed by atoms with E-state index in [9.17, 15) is 20.2 Å². The third kappa shape index (κ3) is 3.93. The molecule has 0 saturated carbocycles. The molecule has 0 radical (unpaired) electrons. The van der Waals surface area contributed by atoms with Gasteiger partial charge in [-0.1, -0.05) is 0 Å². The van der Waals surface area contributed by atoms with Gasteiger partial charge in [0.05, 0.1) is 20.1 Å². The van der Waals surface area contributed by atoms with E-state index in [1.165, 1.54) is 35.6 Å². The Balaban J connectivity index is 1.57. The summed E-state index contributed by atoms with van der Waals surface area (Å²) in [5.41, 5.74) is 1.40. The van der Waals surface area contributed by atoms with Crippen molar-refractivity contribution in [3.8, 4) is 11.3 Å². The molecule has 0 bridgehead atoms. The number of hydrogen-bond donors (Lipinski definition) is 0. The lowest BCUT2D eigenvalue weighted by Crippen LogP contribution is -1.88. The molecule has 4 rings (SSSR count). The number of halogens is 1. The molecule has 144 valence electrons. The molecule has 0 aliphatic heterocycles. The second-order valence-corrected chi connectivity index (χ2v) is 7.83. The first-order chi connectivity index (χ1) is 13.9. The Hall–Kier alpha value is -3.37. The molecule has 0 atom stereocenters. The number of rotatable bonds is 5. The Morgan fingerprint density at radius 1 is 0.966 bits per heavy atom. The number of thiazole rings is 1. The molecule has 0 aliphatic carbocycles.